The third-order valence-corrected chi connectivity index (χ3v) is 1.54. The van der Waals surface area contributed by atoms with E-state index >= 15 is 0 Å². The van der Waals surface area contributed by atoms with E-state index in [4.69, 9.17) is 0 Å². The molecule has 0 spiro atoms. The second kappa shape index (κ2) is 5.81. The lowest BCUT2D eigenvalue weighted by Crippen LogP contribution is -2.31. The molecule has 0 unspecified atom stereocenters. The largest absolute Gasteiger partial charge is 0.350 e. The second-order valence-electron chi connectivity index (χ2n) is 3.12. The fraction of sp³-hybridized carbons (Fsp3) is 0.700. The zero-order valence-electron chi connectivity index (χ0n) is 8.48. The maximum atomic E-state index is 11.4. The number of carbonyl (C=O) groups is 1. The maximum Gasteiger partial charge on any atom is 0.247 e. The lowest BCUT2D eigenvalue weighted by Gasteiger charge is -2.09. The molecule has 0 aromatic carbocycles. The van der Waals surface area contributed by atoms with Gasteiger partial charge in [0.15, 0.2) is 0 Å². The third kappa shape index (κ3) is 4.16. The molecule has 0 atom stereocenters. The minimum atomic E-state index is 0.0781. The Hall–Kier alpha value is -0.790. The summed E-state index contributed by atoms with van der Waals surface area (Å²) in [6.07, 6.45) is 3.72. The van der Waals surface area contributed by atoms with Gasteiger partial charge in [0.25, 0.3) is 0 Å². The van der Waals surface area contributed by atoms with Gasteiger partial charge in [0, 0.05) is 11.6 Å². The topological polar surface area (TPSA) is 29.1 Å². The molecule has 2 nitrogen and oxygen atoms in total. The summed E-state index contributed by atoms with van der Waals surface area (Å²) in [5.74, 6) is 0.0781. The Morgan fingerprint density at radius 1 is 1.42 bits per heavy atom. The van der Waals surface area contributed by atoms with Crippen molar-refractivity contribution >= 4 is 5.91 Å². The van der Waals surface area contributed by atoms with E-state index < -0.39 is 0 Å². The van der Waals surface area contributed by atoms with Crippen LogP contribution in [0.4, 0.5) is 0 Å². The van der Waals surface area contributed by atoms with Crippen molar-refractivity contribution in [3.8, 4) is 0 Å². The van der Waals surface area contributed by atoms with Gasteiger partial charge in [0.2, 0.25) is 5.91 Å². The molecule has 1 amide bonds. The van der Waals surface area contributed by atoms with Crippen LogP contribution in [0.15, 0.2) is 11.6 Å². The monoisotopic (exact) mass is 169 g/mol. The Balaban J connectivity index is 4.13. The molecule has 0 aliphatic carbocycles. The average Bonchev–Trinajstić information content (AvgIpc) is 1.98. The molecule has 12 heavy (non-hydrogen) atoms. The Kier molecular flexibility index (Phi) is 5.43. The van der Waals surface area contributed by atoms with E-state index in [9.17, 15) is 4.79 Å². The molecule has 0 aromatic rings. The molecule has 0 rings (SSSR count). The van der Waals surface area contributed by atoms with Gasteiger partial charge < -0.3 is 5.32 Å². The number of hydrogen-bond acceptors (Lipinski definition) is 1. The first-order valence-electron chi connectivity index (χ1n) is 4.61. The first-order chi connectivity index (χ1) is 5.61. The zero-order chi connectivity index (χ0) is 9.56. The normalized spacial score (nSPS) is 11.9. The van der Waals surface area contributed by atoms with Crippen LogP contribution in [0.3, 0.4) is 0 Å². The summed E-state index contributed by atoms with van der Waals surface area (Å²) >= 11 is 0. The van der Waals surface area contributed by atoms with Crippen LogP contribution in [-0.2, 0) is 4.79 Å². The summed E-state index contributed by atoms with van der Waals surface area (Å²) in [4.78, 5) is 11.4. The van der Waals surface area contributed by atoms with Gasteiger partial charge in [0.1, 0.15) is 0 Å². The lowest BCUT2D eigenvalue weighted by molar-refractivity contribution is -0.118. The van der Waals surface area contributed by atoms with Gasteiger partial charge in [-0.05, 0) is 26.7 Å². The minimum absolute atomic E-state index is 0.0781. The Morgan fingerprint density at radius 2 is 2.00 bits per heavy atom. The van der Waals surface area contributed by atoms with Gasteiger partial charge >= 0.3 is 0 Å². The van der Waals surface area contributed by atoms with Crippen LogP contribution in [0.1, 0.15) is 40.5 Å². The van der Waals surface area contributed by atoms with Gasteiger partial charge in [-0.15, -0.1) is 0 Å². The van der Waals surface area contributed by atoms with Gasteiger partial charge in [-0.25, -0.2) is 0 Å². The Morgan fingerprint density at radius 3 is 2.33 bits per heavy atom. The SMILES string of the molecule is CC/C=C(\CC)C(=O)NC(C)C. The van der Waals surface area contributed by atoms with Crippen LogP contribution in [0, 0.1) is 0 Å². The number of amides is 1. The Bertz CT molecular complexity index is 171. The van der Waals surface area contributed by atoms with Crippen molar-refractivity contribution in [2.45, 2.75) is 46.6 Å². The highest BCUT2D eigenvalue weighted by Crippen LogP contribution is 2.02. The summed E-state index contributed by atoms with van der Waals surface area (Å²) in [7, 11) is 0. The van der Waals surface area contributed by atoms with Crippen LogP contribution in [0.2, 0.25) is 0 Å². The number of allylic oxidation sites excluding steroid dienone is 1. The van der Waals surface area contributed by atoms with Gasteiger partial charge in [0.05, 0.1) is 0 Å². The van der Waals surface area contributed by atoms with E-state index in [-0.39, 0.29) is 11.9 Å². The highest BCUT2D eigenvalue weighted by atomic mass is 16.1. The highest BCUT2D eigenvalue weighted by molar-refractivity contribution is 5.93. The molecule has 0 bridgehead atoms. The summed E-state index contributed by atoms with van der Waals surface area (Å²) in [6, 6.07) is 0.226. The molecule has 70 valence electrons. The molecule has 0 saturated heterocycles. The van der Waals surface area contributed by atoms with E-state index in [1.807, 2.05) is 33.8 Å². The molecule has 0 heterocycles. The predicted octanol–water partition coefficient (Wildman–Crippen LogP) is 2.26. The van der Waals surface area contributed by atoms with Crippen molar-refractivity contribution in [2.75, 3.05) is 0 Å². The number of hydrogen-bond donors (Lipinski definition) is 1. The molecule has 0 fully saturated rings. The van der Waals surface area contributed by atoms with Crippen LogP contribution >= 0.6 is 0 Å². The molecule has 1 N–H and O–H groups in total. The predicted molar refractivity (Wildman–Crippen MR) is 51.9 cm³/mol. The van der Waals surface area contributed by atoms with Crippen LogP contribution < -0.4 is 5.32 Å². The smallest absolute Gasteiger partial charge is 0.247 e. The molecule has 0 radical (unpaired) electrons. The molecule has 0 saturated carbocycles. The summed E-state index contributed by atoms with van der Waals surface area (Å²) < 4.78 is 0. The Labute approximate surface area is 75.0 Å². The van der Waals surface area contributed by atoms with Crippen molar-refractivity contribution in [1.29, 1.82) is 0 Å². The number of carbonyl (C=O) groups excluding carboxylic acids is 1. The summed E-state index contributed by atoms with van der Waals surface area (Å²) in [5, 5.41) is 2.87. The fourth-order valence-electron chi connectivity index (χ4n) is 0.999. The van der Waals surface area contributed by atoms with Crippen LogP contribution in [-0.4, -0.2) is 11.9 Å². The van der Waals surface area contributed by atoms with Gasteiger partial charge in [-0.1, -0.05) is 19.9 Å². The lowest BCUT2D eigenvalue weighted by atomic mass is 10.1. The van der Waals surface area contributed by atoms with E-state index in [0.29, 0.717) is 0 Å². The fourth-order valence-corrected chi connectivity index (χ4v) is 0.999. The molecule has 0 aromatic heterocycles. The third-order valence-electron chi connectivity index (χ3n) is 1.54. The van der Waals surface area contributed by atoms with E-state index in [1.165, 1.54) is 0 Å². The van der Waals surface area contributed by atoms with Crippen molar-refractivity contribution < 1.29 is 4.79 Å². The summed E-state index contributed by atoms with van der Waals surface area (Å²) in [5.41, 5.74) is 0.895. The van der Waals surface area contributed by atoms with Crippen LogP contribution in [0.5, 0.6) is 0 Å². The average molecular weight is 169 g/mol. The molecular formula is C10H19NO. The van der Waals surface area contributed by atoms with E-state index in [1.54, 1.807) is 0 Å². The number of rotatable bonds is 4. The highest BCUT2D eigenvalue weighted by Gasteiger charge is 2.06. The quantitative estimate of drug-likeness (QED) is 0.642. The molecular weight excluding hydrogens is 150 g/mol. The zero-order valence-corrected chi connectivity index (χ0v) is 8.48. The van der Waals surface area contributed by atoms with Crippen molar-refractivity contribution in [1.82, 2.24) is 5.32 Å². The molecule has 0 aliphatic heterocycles. The first-order valence-corrected chi connectivity index (χ1v) is 4.61. The number of nitrogens with one attached hydrogen (secondary N) is 1. The summed E-state index contributed by atoms with van der Waals surface area (Å²) in [6.45, 7) is 7.98. The van der Waals surface area contributed by atoms with Gasteiger partial charge in [-0.2, -0.15) is 0 Å². The standard InChI is InChI=1S/C10H19NO/c1-5-7-9(6-2)10(12)11-8(3)4/h7-8H,5-6H2,1-4H3,(H,11,12)/b9-7+. The van der Waals surface area contributed by atoms with Crippen LogP contribution in [0.25, 0.3) is 0 Å². The van der Waals surface area contributed by atoms with E-state index in [0.717, 1.165) is 18.4 Å². The van der Waals surface area contributed by atoms with E-state index in [2.05, 4.69) is 5.32 Å². The second-order valence-corrected chi connectivity index (χ2v) is 3.12. The van der Waals surface area contributed by atoms with Gasteiger partial charge in [-0.3, -0.25) is 4.79 Å². The van der Waals surface area contributed by atoms with Crippen molar-refractivity contribution in [3.63, 3.8) is 0 Å². The first kappa shape index (κ1) is 11.2. The maximum absolute atomic E-state index is 11.4. The van der Waals surface area contributed by atoms with Crippen molar-refractivity contribution in [3.05, 3.63) is 11.6 Å². The van der Waals surface area contributed by atoms with Crippen molar-refractivity contribution in [2.24, 2.45) is 0 Å². The minimum Gasteiger partial charge on any atom is -0.350 e. The molecule has 0 aliphatic rings. The molecule has 2 heteroatoms.